The Kier molecular flexibility index (Phi) is 3.54. The summed E-state index contributed by atoms with van der Waals surface area (Å²) in [4.78, 5) is 32.1. The molecule has 6 nitrogen and oxygen atoms in total. The molecule has 0 radical (unpaired) electrons. The van der Waals surface area contributed by atoms with Gasteiger partial charge >= 0.3 is 5.97 Å². The van der Waals surface area contributed by atoms with Crippen LogP contribution in [0.1, 0.15) is 6.42 Å². The molecule has 2 bridgehead atoms. The van der Waals surface area contributed by atoms with Gasteiger partial charge in [0.1, 0.15) is 5.33 Å². The Morgan fingerprint density at radius 1 is 1.28 bits per heavy atom. The van der Waals surface area contributed by atoms with Crippen LogP contribution < -0.4 is 0 Å². The van der Waals surface area contributed by atoms with Gasteiger partial charge in [0.2, 0.25) is 0 Å². The Balaban J connectivity index is 0.000000209. The average molecular weight is 318 g/mol. The SMILES string of the molecule is O=C(O)CBr.O=C1C2C3C=CC(C3)C2C(=O)N1O. The van der Waals surface area contributed by atoms with Gasteiger partial charge in [-0.2, -0.15) is 5.06 Å². The minimum atomic E-state index is -0.829. The van der Waals surface area contributed by atoms with Crippen LogP contribution >= 0.6 is 15.9 Å². The van der Waals surface area contributed by atoms with Crippen LogP contribution in [0.2, 0.25) is 0 Å². The molecule has 2 aliphatic carbocycles. The molecule has 0 aromatic carbocycles. The molecule has 3 aliphatic rings. The molecule has 2 fully saturated rings. The van der Waals surface area contributed by atoms with E-state index in [9.17, 15) is 14.4 Å². The topological polar surface area (TPSA) is 94.9 Å². The van der Waals surface area contributed by atoms with Gasteiger partial charge in [0.15, 0.2) is 0 Å². The minimum absolute atomic E-state index is 0.0347. The number of rotatable bonds is 1. The van der Waals surface area contributed by atoms with Crippen LogP contribution in [0.5, 0.6) is 0 Å². The molecule has 4 unspecified atom stereocenters. The highest BCUT2D eigenvalue weighted by molar-refractivity contribution is 9.09. The fraction of sp³-hybridized carbons (Fsp3) is 0.545. The Bertz CT molecular complexity index is 405. The van der Waals surface area contributed by atoms with Crippen LogP contribution in [0.15, 0.2) is 12.2 Å². The Labute approximate surface area is 111 Å². The van der Waals surface area contributed by atoms with Crippen molar-refractivity contribution in [3.8, 4) is 0 Å². The number of halogens is 1. The van der Waals surface area contributed by atoms with E-state index in [-0.39, 0.29) is 29.0 Å². The predicted octanol–water partition coefficient (Wildman–Crippen LogP) is 0.649. The summed E-state index contributed by atoms with van der Waals surface area (Å²) < 4.78 is 0. The van der Waals surface area contributed by atoms with Crippen LogP contribution in [0.4, 0.5) is 0 Å². The standard InChI is InChI=1S/C9H9NO3.C2H3BrO2/c11-8-6-4-1-2-5(3-4)7(6)9(12)10(8)13;3-1-2(4)5/h1-2,4-7,13H,3H2;1H2,(H,4,5). The third-order valence-corrected chi connectivity index (χ3v) is 4.04. The number of carbonyl (C=O) groups is 3. The normalized spacial score (nSPS) is 35.6. The summed E-state index contributed by atoms with van der Waals surface area (Å²) in [5.74, 6) is -1.82. The second-order valence-electron chi connectivity index (χ2n) is 4.52. The summed E-state index contributed by atoms with van der Waals surface area (Å²) >= 11 is 2.71. The van der Waals surface area contributed by atoms with Crippen LogP contribution in [0.25, 0.3) is 0 Å². The maximum absolute atomic E-state index is 11.4. The van der Waals surface area contributed by atoms with Gasteiger partial charge in [-0.05, 0) is 18.3 Å². The number of aliphatic carboxylic acids is 1. The predicted molar refractivity (Wildman–Crippen MR) is 62.8 cm³/mol. The smallest absolute Gasteiger partial charge is 0.314 e. The van der Waals surface area contributed by atoms with Crippen molar-refractivity contribution in [1.29, 1.82) is 0 Å². The summed E-state index contributed by atoms with van der Waals surface area (Å²) in [6, 6.07) is 0. The molecule has 98 valence electrons. The molecule has 1 aliphatic heterocycles. The Hall–Kier alpha value is -1.21. The summed E-state index contributed by atoms with van der Waals surface area (Å²) in [5.41, 5.74) is 0. The number of fused-ring (bicyclic) bond motifs is 5. The van der Waals surface area contributed by atoms with Gasteiger partial charge in [-0.1, -0.05) is 28.1 Å². The first-order chi connectivity index (χ1) is 8.47. The van der Waals surface area contributed by atoms with Gasteiger partial charge in [0, 0.05) is 0 Å². The number of alkyl halides is 1. The van der Waals surface area contributed by atoms with E-state index in [0.717, 1.165) is 6.42 Å². The summed E-state index contributed by atoms with van der Waals surface area (Å²) in [7, 11) is 0. The van der Waals surface area contributed by atoms with Gasteiger partial charge in [-0.3, -0.25) is 19.6 Å². The molecular formula is C11H12BrNO5. The molecule has 0 aromatic rings. The van der Waals surface area contributed by atoms with Crippen LogP contribution in [0, 0.1) is 23.7 Å². The van der Waals surface area contributed by atoms with Gasteiger partial charge < -0.3 is 5.11 Å². The molecule has 2 N–H and O–H groups in total. The molecule has 0 spiro atoms. The third kappa shape index (κ3) is 1.97. The monoisotopic (exact) mass is 317 g/mol. The lowest BCUT2D eigenvalue weighted by atomic mass is 9.85. The van der Waals surface area contributed by atoms with Crippen LogP contribution in [-0.4, -0.2) is 38.5 Å². The van der Waals surface area contributed by atoms with E-state index in [1.807, 2.05) is 12.2 Å². The van der Waals surface area contributed by atoms with Crippen molar-refractivity contribution in [2.45, 2.75) is 6.42 Å². The van der Waals surface area contributed by atoms with Gasteiger partial charge in [-0.25, -0.2) is 0 Å². The second kappa shape index (κ2) is 4.81. The van der Waals surface area contributed by atoms with Crippen molar-refractivity contribution in [1.82, 2.24) is 5.06 Å². The summed E-state index contributed by atoms with van der Waals surface area (Å²) in [6.45, 7) is 0. The van der Waals surface area contributed by atoms with Gasteiger partial charge in [0.25, 0.3) is 11.8 Å². The molecule has 4 atom stereocenters. The number of hydrogen-bond acceptors (Lipinski definition) is 4. The highest BCUT2D eigenvalue weighted by Crippen LogP contribution is 2.51. The Morgan fingerprint density at radius 3 is 2.00 bits per heavy atom. The Morgan fingerprint density at radius 2 is 1.67 bits per heavy atom. The quantitative estimate of drug-likeness (QED) is 0.320. The molecule has 7 heteroatoms. The van der Waals surface area contributed by atoms with E-state index < -0.39 is 17.8 Å². The molecule has 3 rings (SSSR count). The van der Waals surface area contributed by atoms with E-state index in [1.165, 1.54) is 0 Å². The fourth-order valence-electron chi connectivity index (χ4n) is 2.89. The number of imide groups is 1. The summed E-state index contributed by atoms with van der Waals surface area (Å²) in [6.07, 6.45) is 4.90. The van der Waals surface area contributed by atoms with Gasteiger partial charge in [-0.15, -0.1) is 0 Å². The number of carboxylic acids is 1. The first-order valence-corrected chi connectivity index (χ1v) is 6.62. The van der Waals surface area contributed by atoms with E-state index in [0.29, 0.717) is 5.06 Å². The average Bonchev–Trinajstić information content (AvgIpc) is 3.01. The van der Waals surface area contributed by atoms with Crippen LogP contribution in [-0.2, 0) is 14.4 Å². The van der Waals surface area contributed by atoms with E-state index in [4.69, 9.17) is 10.3 Å². The number of carboxylic acid groups (broad SMARTS) is 1. The van der Waals surface area contributed by atoms with Gasteiger partial charge in [0.05, 0.1) is 11.8 Å². The van der Waals surface area contributed by atoms with Crippen molar-refractivity contribution >= 4 is 33.7 Å². The number of amides is 2. The zero-order valence-electron chi connectivity index (χ0n) is 9.32. The molecule has 1 heterocycles. The van der Waals surface area contributed by atoms with Crippen LogP contribution in [0.3, 0.4) is 0 Å². The van der Waals surface area contributed by atoms with E-state index in [1.54, 1.807) is 0 Å². The van der Waals surface area contributed by atoms with E-state index >= 15 is 0 Å². The third-order valence-electron chi connectivity index (χ3n) is 3.56. The molecular weight excluding hydrogens is 306 g/mol. The second-order valence-corrected chi connectivity index (χ2v) is 5.08. The molecule has 2 amide bonds. The van der Waals surface area contributed by atoms with E-state index in [2.05, 4.69) is 15.9 Å². The molecule has 1 saturated heterocycles. The number of hydroxylamine groups is 2. The maximum Gasteiger partial charge on any atom is 0.314 e. The highest BCUT2D eigenvalue weighted by Gasteiger charge is 2.59. The van der Waals surface area contributed by atoms with Crippen molar-refractivity contribution in [3.63, 3.8) is 0 Å². The lowest BCUT2D eigenvalue weighted by Gasteiger charge is -2.13. The first kappa shape index (κ1) is 13.2. The first-order valence-electron chi connectivity index (χ1n) is 5.50. The lowest BCUT2D eigenvalue weighted by molar-refractivity contribution is -0.173. The van der Waals surface area contributed by atoms with Crippen molar-refractivity contribution < 1.29 is 24.7 Å². The van der Waals surface area contributed by atoms with Crippen molar-refractivity contribution in [3.05, 3.63) is 12.2 Å². The molecule has 1 saturated carbocycles. The summed E-state index contributed by atoms with van der Waals surface area (Å²) in [5, 5.41) is 17.2. The highest BCUT2D eigenvalue weighted by atomic mass is 79.9. The molecule has 0 aromatic heterocycles. The molecule has 18 heavy (non-hydrogen) atoms. The van der Waals surface area contributed by atoms with Crippen molar-refractivity contribution in [2.75, 3.05) is 5.33 Å². The zero-order chi connectivity index (χ0) is 13.4. The number of allylic oxidation sites excluding steroid dienone is 2. The largest absolute Gasteiger partial charge is 0.481 e. The number of nitrogens with zero attached hydrogens (tertiary/aromatic N) is 1. The fourth-order valence-corrected chi connectivity index (χ4v) is 2.89. The number of carbonyl (C=O) groups excluding carboxylic acids is 2. The number of hydrogen-bond donors (Lipinski definition) is 2. The lowest BCUT2D eigenvalue weighted by Crippen LogP contribution is -2.29. The van der Waals surface area contributed by atoms with Crippen molar-refractivity contribution in [2.24, 2.45) is 23.7 Å². The zero-order valence-corrected chi connectivity index (χ0v) is 10.9. The maximum atomic E-state index is 11.4. The minimum Gasteiger partial charge on any atom is -0.481 e.